The van der Waals surface area contributed by atoms with Crippen LogP contribution < -0.4 is 18.9 Å². The molecule has 2 aromatic rings. The largest absolute Gasteiger partial charge is 0.497 e. The molecular weight excluding hydrogens is 322 g/mol. The smallest absolute Gasteiger partial charge is 0.267 e. The molecule has 0 saturated heterocycles. The first-order valence-electron chi connectivity index (χ1n) is 8.07. The van der Waals surface area contributed by atoms with Crippen molar-refractivity contribution in [1.82, 2.24) is 4.90 Å². The Labute approximate surface area is 146 Å². The van der Waals surface area contributed by atoms with Crippen LogP contribution >= 0.6 is 0 Å². The summed E-state index contributed by atoms with van der Waals surface area (Å²) in [4.78, 5) is 14.1. The second-order valence-corrected chi connectivity index (χ2v) is 5.65. The topological polar surface area (TPSA) is 57.2 Å². The summed E-state index contributed by atoms with van der Waals surface area (Å²) in [5, 5.41) is 0. The van der Waals surface area contributed by atoms with Crippen LogP contribution in [0.3, 0.4) is 0 Å². The molecular formula is C19H21NO5. The number of amides is 1. The van der Waals surface area contributed by atoms with Gasteiger partial charge in [-0.15, -0.1) is 0 Å². The second kappa shape index (κ2) is 7.79. The van der Waals surface area contributed by atoms with E-state index in [1.807, 2.05) is 42.5 Å². The monoisotopic (exact) mass is 343 g/mol. The maximum Gasteiger partial charge on any atom is 0.267 e. The van der Waals surface area contributed by atoms with Gasteiger partial charge in [-0.2, -0.15) is 0 Å². The minimum absolute atomic E-state index is 0.132. The summed E-state index contributed by atoms with van der Waals surface area (Å²) in [7, 11) is 3.34. The van der Waals surface area contributed by atoms with Crippen molar-refractivity contribution in [2.75, 3.05) is 33.9 Å². The van der Waals surface area contributed by atoms with Crippen LogP contribution in [0.4, 0.5) is 0 Å². The third kappa shape index (κ3) is 4.15. The predicted octanol–water partition coefficient (Wildman–Crippen LogP) is 2.37. The highest BCUT2D eigenvalue weighted by molar-refractivity contribution is 5.81. The number of likely N-dealkylation sites (N-methyl/N-ethyl adjacent to an activating group) is 1. The Morgan fingerprint density at radius 3 is 2.52 bits per heavy atom. The lowest BCUT2D eigenvalue weighted by Crippen LogP contribution is -2.45. The molecule has 1 heterocycles. The molecule has 1 atom stereocenters. The number of rotatable bonds is 6. The van der Waals surface area contributed by atoms with Crippen molar-refractivity contribution >= 4 is 5.91 Å². The Morgan fingerprint density at radius 2 is 1.80 bits per heavy atom. The minimum atomic E-state index is -0.638. The number of fused-ring (bicyclic) bond motifs is 1. The van der Waals surface area contributed by atoms with Gasteiger partial charge in [0, 0.05) is 7.05 Å². The van der Waals surface area contributed by atoms with Gasteiger partial charge in [-0.25, -0.2) is 0 Å². The summed E-state index contributed by atoms with van der Waals surface area (Å²) in [5.41, 5.74) is 0. The number of hydrogen-bond donors (Lipinski definition) is 0. The highest BCUT2D eigenvalue weighted by Gasteiger charge is 2.29. The van der Waals surface area contributed by atoms with E-state index in [1.165, 1.54) is 0 Å². The average molecular weight is 343 g/mol. The van der Waals surface area contributed by atoms with Gasteiger partial charge in [-0.1, -0.05) is 12.1 Å². The van der Waals surface area contributed by atoms with Crippen molar-refractivity contribution in [1.29, 1.82) is 0 Å². The molecule has 25 heavy (non-hydrogen) atoms. The minimum Gasteiger partial charge on any atom is -0.497 e. The van der Waals surface area contributed by atoms with Crippen molar-refractivity contribution in [2.24, 2.45) is 0 Å². The fraction of sp³-hybridized carbons (Fsp3) is 0.316. The van der Waals surface area contributed by atoms with Gasteiger partial charge in [0.25, 0.3) is 5.91 Å². The Bertz CT molecular complexity index is 716. The molecule has 1 aliphatic rings. The van der Waals surface area contributed by atoms with E-state index in [4.69, 9.17) is 18.9 Å². The first-order chi connectivity index (χ1) is 12.2. The van der Waals surface area contributed by atoms with Crippen molar-refractivity contribution < 1.29 is 23.7 Å². The molecule has 0 unspecified atom stereocenters. The molecule has 0 radical (unpaired) electrons. The Kier molecular flexibility index (Phi) is 5.28. The summed E-state index contributed by atoms with van der Waals surface area (Å²) in [6.07, 6.45) is -0.638. The molecule has 0 bridgehead atoms. The molecule has 6 nitrogen and oxygen atoms in total. The number of benzene rings is 2. The van der Waals surface area contributed by atoms with Gasteiger partial charge in [-0.05, 0) is 36.4 Å². The zero-order valence-corrected chi connectivity index (χ0v) is 14.3. The van der Waals surface area contributed by atoms with E-state index in [-0.39, 0.29) is 12.5 Å². The van der Waals surface area contributed by atoms with Crippen LogP contribution in [-0.4, -0.2) is 50.8 Å². The number of ether oxygens (including phenoxy) is 4. The van der Waals surface area contributed by atoms with Crippen LogP contribution in [0.25, 0.3) is 0 Å². The maximum absolute atomic E-state index is 12.5. The molecule has 0 aliphatic carbocycles. The fourth-order valence-electron chi connectivity index (χ4n) is 2.47. The van der Waals surface area contributed by atoms with Gasteiger partial charge in [0.1, 0.15) is 24.7 Å². The van der Waals surface area contributed by atoms with Gasteiger partial charge < -0.3 is 23.8 Å². The highest BCUT2D eigenvalue weighted by atomic mass is 16.6. The van der Waals surface area contributed by atoms with E-state index in [0.717, 1.165) is 11.5 Å². The lowest BCUT2D eigenvalue weighted by molar-refractivity contribution is -0.140. The number of carbonyl (C=O) groups is 1. The number of carbonyl (C=O) groups excluding carboxylic acids is 1. The normalized spacial score (nSPS) is 15.4. The van der Waals surface area contributed by atoms with Gasteiger partial charge in [0.2, 0.25) is 6.10 Å². The summed E-state index contributed by atoms with van der Waals surface area (Å²) in [6, 6.07) is 14.6. The van der Waals surface area contributed by atoms with E-state index >= 15 is 0 Å². The quantitative estimate of drug-likeness (QED) is 0.806. The lowest BCUT2D eigenvalue weighted by atomic mass is 10.2. The van der Waals surface area contributed by atoms with Gasteiger partial charge in [0.15, 0.2) is 11.5 Å². The third-order valence-corrected chi connectivity index (χ3v) is 3.92. The van der Waals surface area contributed by atoms with Crippen molar-refractivity contribution in [3.05, 3.63) is 48.5 Å². The second-order valence-electron chi connectivity index (χ2n) is 5.65. The van der Waals surface area contributed by atoms with Crippen molar-refractivity contribution in [3.8, 4) is 23.0 Å². The summed E-state index contributed by atoms with van der Waals surface area (Å²) >= 11 is 0. The lowest BCUT2D eigenvalue weighted by Gasteiger charge is -2.28. The standard InChI is InChI=1S/C19H21NO5/c1-20(11-12-23-15-9-7-14(22-2)8-10-15)19(21)18-13-24-16-5-3-4-6-17(16)25-18/h3-10,18H,11-13H2,1-2H3/t18-/m1/s1. The first-order valence-corrected chi connectivity index (χ1v) is 8.07. The summed E-state index contributed by atoms with van der Waals surface area (Å²) < 4.78 is 22.1. The Balaban J connectivity index is 1.48. The maximum atomic E-state index is 12.5. The third-order valence-electron chi connectivity index (χ3n) is 3.92. The predicted molar refractivity (Wildman–Crippen MR) is 92.5 cm³/mol. The van der Waals surface area contributed by atoms with Gasteiger partial charge in [-0.3, -0.25) is 4.79 Å². The van der Waals surface area contributed by atoms with E-state index in [1.54, 1.807) is 25.1 Å². The molecule has 0 spiro atoms. The first kappa shape index (κ1) is 17.0. The molecule has 2 aromatic carbocycles. The van der Waals surface area contributed by atoms with E-state index in [2.05, 4.69) is 0 Å². The zero-order valence-electron chi connectivity index (χ0n) is 14.3. The van der Waals surface area contributed by atoms with Crippen LogP contribution in [-0.2, 0) is 4.79 Å². The van der Waals surface area contributed by atoms with Gasteiger partial charge >= 0.3 is 0 Å². The molecule has 6 heteroatoms. The molecule has 1 aliphatic heterocycles. The molecule has 0 fully saturated rings. The van der Waals surface area contributed by atoms with Crippen LogP contribution in [0, 0.1) is 0 Å². The van der Waals surface area contributed by atoms with Crippen molar-refractivity contribution in [3.63, 3.8) is 0 Å². The van der Waals surface area contributed by atoms with Gasteiger partial charge in [0.05, 0.1) is 13.7 Å². The number of methoxy groups -OCH3 is 1. The van der Waals surface area contributed by atoms with E-state index < -0.39 is 6.10 Å². The molecule has 1 amide bonds. The van der Waals surface area contributed by atoms with Crippen LogP contribution in [0.1, 0.15) is 0 Å². The van der Waals surface area contributed by atoms with E-state index in [0.29, 0.717) is 24.7 Å². The Hall–Kier alpha value is -2.89. The van der Waals surface area contributed by atoms with Crippen molar-refractivity contribution in [2.45, 2.75) is 6.10 Å². The molecule has 0 N–H and O–H groups in total. The molecule has 132 valence electrons. The summed E-state index contributed by atoms with van der Waals surface area (Å²) in [5.74, 6) is 2.63. The summed E-state index contributed by atoms with van der Waals surface area (Å²) in [6.45, 7) is 1.05. The number of para-hydroxylation sites is 2. The number of hydrogen-bond acceptors (Lipinski definition) is 5. The molecule has 0 saturated carbocycles. The zero-order chi connectivity index (χ0) is 17.6. The SMILES string of the molecule is COc1ccc(OCCN(C)C(=O)[C@H]2COc3ccccc3O2)cc1. The Morgan fingerprint density at radius 1 is 1.12 bits per heavy atom. The van der Waals surface area contributed by atoms with Crippen LogP contribution in [0.5, 0.6) is 23.0 Å². The number of nitrogens with zero attached hydrogens (tertiary/aromatic N) is 1. The average Bonchev–Trinajstić information content (AvgIpc) is 2.67. The fourth-order valence-corrected chi connectivity index (χ4v) is 2.47. The van der Waals surface area contributed by atoms with Crippen LogP contribution in [0.2, 0.25) is 0 Å². The molecule has 0 aromatic heterocycles. The molecule has 3 rings (SSSR count). The highest BCUT2D eigenvalue weighted by Crippen LogP contribution is 2.31. The van der Waals surface area contributed by atoms with Crippen LogP contribution in [0.15, 0.2) is 48.5 Å². The van der Waals surface area contributed by atoms with E-state index in [9.17, 15) is 4.79 Å².